The van der Waals surface area contributed by atoms with Crippen LogP contribution in [0.4, 0.5) is 4.39 Å². The third-order valence-electron chi connectivity index (χ3n) is 4.46. The molecule has 146 valence electrons. The van der Waals surface area contributed by atoms with Crippen molar-refractivity contribution in [2.24, 2.45) is 0 Å². The lowest BCUT2D eigenvalue weighted by Gasteiger charge is -2.11. The molecule has 2 rings (SSSR count). The van der Waals surface area contributed by atoms with E-state index in [2.05, 4.69) is 24.9 Å². The van der Waals surface area contributed by atoms with Gasteiger partial charge in [-0.15, -0.1) is 0 Å². The molecule has 27 heavy (non-hydrogen) atoms. The summed E-state index contributed by atoms with van der Waals surface area (Å²) in [6.45, 7) is 5.20. The highest BCUT2D eigenvalue weighted by molar-refractivity contribution is 5.62. The number of ether oxygens (including phenoxy) is 1. The number of benzene rings is 1. The number of phenols is 1. The van der Waals surface area contributed by atoms with Crippen molar-refractivity contribution in [2.75, 3.05) is 6.61 Å². The van der Waals surface area contributed by atoms with Gasteiger partial charge in [-0.2, -0.15) is 0 Å². The molecule has 1 atom stereocenters. The van der Waals surface area contributed by atoms with Gasteiger partial charge in [-0.05, 0) is 56.4 Å². The fourth-order valence-corrected chi connectivity index (χ4v) is 2.84. The molecule has 1 aromatic carbocycles. The zero-order valence-electron chi connectivity index (χ0n) is 16.3. The minimum Gasteiger partial charge on any atom is -0.508 e. The maximum Gasteiger partial charge on any atom is 0.136 e. The molecule has 0 radical (unpaired) electrons. The van der Waals surface area contributed by atoms with E-state index >= 15 is 0 Å². The minimum atomic E-state index is -0.475. The van der Waals surface area contributed by atoms with Crippen LogP contribution < -0.4 is 0 Å². The molecule has 4 heteroatoms. The van der Waals surface area contributed by atoms with E-state index in [1.807, 2.05) is 12.1 Å². The summed E-state index contributed by atoms with van der Waals surface area (Å²) < 4.78 is 19.7. The van der Waals surface area contributed by atoms with Crippen LogP contribution in [-0.4, -0.2) is 22.8 Å². The number of aromatic hydroxyl groups is 1. The summed E-state index contributed by atoms with van der Waals surface area (Å²) in [4.78, 5) is 4.32. The van der Waals surface area contributed by atoms with E-state index in [1.165, 1.54) is 25.0 Å². The molecule has 0 aliphatic carbocycles. The van der Waals surface area contributed by atoms with Gasteiger partial charge in [0.15, 0.2) is 0 Å². The highest BCUT2D eigenvalue weighted by atomic mass is 19.1. The molecule has 0 aliphatic rings. The first kappa shape index (κ1) is 21.1. The molecule has 0 saturated carbocycles. The highest BCUT2D eigenvalue weighted by Crippen LogP contribution is 2.24. The Balaban J connectivity index is 1.74. The Hall–Kier alpha value is -2.20. The van der Waals surface area contributed by atoms with Crippen molar-refractivity contribution in [3.05, 3.63) is 54.0 Å². The lowest BCUT2D eigenvalue weighted by atomic mass is 10.1. The molecular weight excluding hydrogens is 341 g/mol. The Morgan fingerprint density at radius 2 is 2.04 bits per heavy atom. The lowest BCUT2D eigenvalue weighted by molar-refractivity contribution is 0.0566. The van der Waals surface area contributed by atoms with E-state index in [0.29, 0.717) is 17.4 Å². The molecular formula is C23H30FNO2. The average Bonchev–Trinajstić information content (AvgIpc) is 2.66. The Morgan fingerprint density at radius 3 is 2.74 bits per heavy atom. The third-order valence-corrected chi connectivity index (χ3v) is 4.46. The van der Waals surface area contributed by atoms with Crippen LogP contribution >= 0.6 is 0 Å². The number of nitrogens with zero attached hydrogens (tertiary/aromatic N) is 1. The number of pyridine rings is 1. The van der Waals surface area contributed by atoms with Gasteiger partial charge in [0.1, 0.15) is 11.6 Å². The van der Waals surface area contributed by atoms with Crippen molar-refractivity contribution in [3.8, 4) is 17.0 Å². The highest BCUT2D eigenvalue weighted by Gasteiger charge is 2.07. The van der Waals surface area contributed by atoms with Crippen LogP contribution in [0.1, 0.15) is 57.9 Å². The summed E-state index contributed by atoms with van der Waals surface area (Å²) in [5.41, 5.74) is 1.93. The average molecular weight is 371 g/mol. The van der Waals surface area contributed by atoms with Crippen LogP contribution in [0.5, 0.6) is 5.75 Å². The monoisotopic (exact) mass is 371 g/mol. The normalized spacial score (nSPS) is 12.6. The SMILES string of the molecule is CCCCCOC(C)CCCC=Cc1ccc(-c2ccc(O)cc2F)nc1. The summed E-state index contributed by atoms with van der Waals surface area (Å²) in [6.07, 6.45) is 13.0. The largest absolute Gasteiger partial charge is 0.508 e. The molecule has 0 spiro atoms. The fraction of sp³-hybridized carbons (Fsp3) is 0.435. The standard InChI is InChI=1S/C23H30FNO2/c1-3-4-8-15-27-18(2)9-6-5-7-10-19-11-14-23(25-17-19)21-13-12-20(26)16-22(21)24/h7,10-14,16-18,26H,3-6,8-9,15H2,1-2H3. The van der Waals surface area contributed by atoms with E-state index in [1.54, 1.807) is 12.3 Å². The maximum absolute atomic E-state index is 13.9. The van der Waals surface area contributed by atoms with Gasteiger partial charge in [-0.3, -0.25) is 4.98 Å². The van der Waals surface area contributed by atoms with E-state index in [0.717, 1.165) is 43.9 Å². The second-order valence-electron chi connectivity index (χ2n) is 6.86. The smallest absolute Gasteiger partial charge is 0.136 e. The van der Waals surface area contributed by atoms with Crippen molar-refractivity contribution in [2.45, 2.75) is 58.5 Å². The van der Waals surface area contributed by atoms with Crippen LogP contribution in [0, 0.1) is 5.82 Å². The maximum atomic E-state index is 13.9. The Labute approximate surface area is 161 Å². The van der Waals surface area contributed by atoms with E-state index in [4.69, 9.17) is 4.74 Å². The second-order valence-corrected chi connectivity index (χ2v) is 6.86. The molecule has 1 aromatic heterocycles. The molecule has 0 fully saturated rings. The topological polar surface area (TPSA) is 42.4 Å². The lowest BCUT2D eigenvalue weighted by Crippen LogP contribution is -2.08. The Morgan fingerprint density at radius 1 is 1.19 bits per heavy atom. The first-order chi connectivity index (χ1) is 13.1. The summed E-state index contributed by atoms with van der Waals surface area (Å²) in [5.74, 6) is -0.562. The van der Waals surface area contributed by atoms with Gasteiger partial charge < -0.3 is 9.84 Å². The first-order valence-electron chi connectivity index (χ1n) is 9.83. The Bertz CT molecular complexity index is 713. The predicted molar refractivity (Wildman–Crippen MR) is 109 cm³/mol. The Kier molecular flexibility index (Phi) is 8.99. The van der Waals surface area contributed by atoms with Gasteiger partial charge in [0.2, 0.25) is 0 Å². The molecule has 0 amide bonds. The number of aromatic nitrogens is 1. The van der Waals surface area contributed by atoms with Gasteiger partial charge in [-0.25, -0.2) is 4.39 Å². The van der Waals surface area contributed by atoms with Crippen molar-refractivity contribution in [1.82, 2.24) is 4.98 Å². The number of halogens is 1. The van der Waals surface area contributed by atoms with Crippen molar-refractivity contribution < 1.29 is 14.2 Å². The van der Waals surface area contributed by atoms with Crippen LogP contribution in [-0.2, 0) is 4.74 Å². The molecule has 3 nitrogen and oxygen atoms in total. The second kappa shape index (κ2) is 11.5. The van der Waals surface area contributed by atoms with Crippen LogP contribution in [0.3, 0.4) is 0 Å². The van der Waals surface area contributed by atoms with Gasteiger partial charge in [-0.1, -0.05) is 38.0 Å². The first-order valence-corrected chi connectivity index (χ1v) is 9.83. The number of allylic oxidation sites excluding steroid dienone is 1. The van der Waals surface area contributed by atoms with Crippen LogP contribution in [0.25, 0.3) is 17.3 Å². The molecule has 0 bridgehead atoms. The summed E-state index contributed by atoms with van der Waals surface area (Å²) in [7, 11) is 0. The quantitative estimate of drug-likeness (QED) is 0.467. The third kappa shape index (κ3) is 7.51. The number of hydrogen-bond acceptors (Lipinski definition) is 3. The number of rotatable bonds is 11. The zero-order chi connectivity index (χ0) is 19.5. The van der Waals surface area contributed by atoms with Gasteiger partial charge >= 0.3 is 0 Å². The van der Waals surface area contributed by atoms with Gasteiger partial charge in [0, 0.05) is 24.4 Å². The molecule has 0 aliphatic heterocycles. The fourth-order valence-electron chi connectivity index (χ4n) is 2.84. The van der Waals surface area contributed by atoms with Crippen LogP contribution in [0.2, 0.25) is 0 Å². The number of phenolic OH excluding ortho intramolecular Hbond substituents is 1. The molecule has 2 aromatic rings. The van der Waals surface area contributed by atoms with Crippen LogP contribution in [0.15, 0.2) is 42.6 Å². The van der Waals surface area contributed by atoms with Crippen molar-refractivity contribution >= 4 is 6.08 Å². The van der Waals surface area contributed by atoms with E-state index < -0.39 is 5.82 Å². The summed E-state index contributed by atoms with van der Waals surface area (Å²) >= 11 is 0. The number of hydrogen-bond donors (Lipinski definition) is 1. The number of unbranched alkanes of at least 4 members (excludes halogenated alkanes) is 3. The predicted octanol–water partition coefficient (Wildman–Crippen LogP) is 6.37. The molecule has 1 N–H and O–H groups in total. The zero-order valence-corrected chi connectivity index (χ0v) is 16.3. The molecule has 0 saturated heterocycles. The van der Waals surface area contributed by atoms with Crippen molar-refractivity contribution in [3.63, 3.8) is 0 Å². The van der Waals surface area contributed by atoms with Gasteiger partial charge in [0.25, 0.3) is 0 Å². The minimum absolute atomic E-state index is 0.0866. The molecule has 1 heterocycles. The summed E-state index contributed by atoms with van der Waals surface area (Å²) in [5, 5.41) is 9.29. The van der Waals surface area contributed by atoms with Crippen molar-refractivity contribution in [1.29, 1.82) is 0 Å². The molecule has 1 unspecified atom stereocenters. The summed E-state index contributed by atoms with van der Waals surface area (Å²) in [6, 6.07) is 7.81. The van der Waals surface area contributed by atoms with Gasteiger partial charge in [0.05, 0.1) is 11.8 Å². The van der Waals surface area contributed by atoms with E-state index in [9.17, 15) is 9.50 Å². The van der Waals surface area contributed by atoms with E-state index in [-0.39, 0.29) is 5.75 Å².